The first-order valence-corrected chi connectivity index (χ1v) is 6.38. The number of hydrogen-bond acceptors (Lipinski definition) is 3. The van der Waals surface area contributed by atoms with Gasteiger partial charge in [0, 0.05) is 33.4 Å². The molecule has 0 atom stereocenters. The summed E-state index contributed by atoms with van der Waals surface area (Å²) >= 11 is 0. The average molecular weight is 255 g/mol. The van der Waals surface area contributed by atoms with E-state index in [1.165, 1.54) is 29.0 Å². The highest BCUT2D eigenvalue weighted by molar-refractivity contribution is 5.84. The van der Waals surface area contributed by atoms with Gasteiger partial charge in [-0.05, 0) is 12.8 Å². The standard InChI is InChI=1S/C12H21N3O3/c1-4-5-8-13(10(2)16)15(11(3)17)14-9-6-7-12(14)18/h4-9H2,1-3H3. The van der Waals surface area contributed by atoms with Crippen LogP contribution in [0, 0.1) is 0 Å². The van der Waals surface area contributed by atoms with Crippen LogP contribution in [0.25, 0.3) is 0 Å². The van der Waals surface area contributed by atoms with Gasteiger partial charge in [-0.15, -0.1) is 0 Å². The molecule has 0 N–H and O–H groups in total. The van der Waals surface area contributed by atoms with Crippen molar-refractivity contribution in [1.82, 2.24) is 15.1 Å². The first-order chi connectivity index (χ1) is 8.49. The van der Waals surface area contributed by atoms with Crippen LogP contribution in [-0.4, -0.2) is 45.9 Å². The lowest BCUT2D eigenvalue weighted by atomic mass is 10.3. The lowest BCUT2D eigenvalue weighted by Crippen LogP contribution is -2.57. The van der Waals surface area contributed by atoms with E-state index in [1.54, 1.807) is 0 Å². The molecule has 6 heteroatoms. The number of rotatable bonds is 4. The summed E-state index contributed by atoms with van der Waals surface area (Å²) in [5, 5.41) is 3.93. The lowest BCUT2D eigenvalue weighted by Gasteiger charge is -2.38. The molecule has 1 saturated heterocycles. The van der Waals surface area contributed by atoms with Crippen molar-refractivity contribution < 1.29 is 14.4 Å². The van der Waals surface area contributed by atoms with Gasteiger partial charge in [0.25, 0.3) is 5.91 Å². The Labute approximate surface area is 107 Å². The molecular weight excluding hydrogens is 234 g/mol. The van der Waals surface area contributed by atoms with Gasteiger partial charge < -0.3 is 0 Å². The normalized spacial score (nSPS) is 14.8. The molecule has 1 fully saturated rings. The Morgan fingerprint density at radius 3 is 2.33 bits per heavy atom. The second kappa shape index (κ2) is 6.37. The number of carbonyl (C=O) groups excluding carboxylic acids is 3. The summed E-state index contributed by atoms with van der Waals surface area (Å²) in [5.74, 6) is -0.636. The molecule has 0 radical (unpaired) electrons. The third kappa shape index (κ3) is 3.21. The summed E-state index contributed by atoms with van der Waals surface area (Å²) in [6.07, 6.45) is 2.88. The molecule has 6 nitrogen and oxygen atoms in total. The van der Waals surface area contributed by atoms with Crippen molar-refractivity contribution in [1.29, 1.82) is 0 Å². The third-order valence-electron chi connectivity index (χ3n) is 2.87. The van der Waals surface area contributed by atoms with Gasteiger partial charge >= 0.3 is 0 Å². The van der Waals surface area contributed by atoms with Crippen LogP contribution < -0.4 is 0 Å². The van der Waals surface area contributed by atoms with Crippen LogP contribution in [0.15, 0.2) is 0 Å². The minimum atomic E-state index is -0.309. The largest absolute Gasteiger partial charge is 0.273 e. The number of unbranched alkanes of at least 4 members (excludes halogenated alkanes) is 1. The van der Waals surface area contributed by atoms with Gasteiger partial charge in [0.05, 0.1) is 0 Å². The van der Waals surface area contributed by atoms with Crippen molar-refractivity contribution in [3.05, 3.63) is 0 Å². The summed E-state index contributed by atoms with van der Waals surface area (Å²) in [7, 11) is 0. The third-order valence-corrected chi connectivity index (χ3v) is 2.87. The highest BCUT2D eigenvalue weighted by atomic mass is 16.2. The molecule has 0 saturated carbocycles. The van der Waals surface area contributed by atoms with E-state index in [-0.39, 0.29) is 17.7 Å². The van der Waals surface area contributed by atoms with Gasteiger partial charge in [-0.3, -0.25) is 14.4 Å². The zero-order valence-electron chi connectivity index (χ0n) is 11.3. The quantitative estimate of drug-likeness (QED) is 0.702. The highest BCUT2D eigenvalue weighted by Crippen LogP contribution is 2.16. The molecule has 1 heterocycles. The fourth-order valence-corrected chi connectivity index (χ4v) is 2.00. The topological polar surface area (TPSA) is 60.9 Å². The Balaban J connectivity index is 2.89. The Kier molecular flexibility index (Phi) is 5.12. The van der Waals surface area contributed by atoms with Crippen LogP contribution in [0.4, 0.5) is 0 Å². The van der Waals surface area contributed by atoms with E-state index < -0.39 is 0 Å². The Hall–Kier alpha value is -1.59. The first kappa shape index (κ1) is 14.5. The van der Waals surface area contributed by atoms with Crippen LogP contribution >= 0.6 is 0 Å². The second-order valence-electron chi connectivity index (χ2n) is 4.42. The lowest BCUT2D eigenvalue weighted by molar-refractivity contribution is -0.201. The van der Waals surface area contributed by atoms with Crippen molar-refractivity contribution in [3.8, 4) is 0 Å². The second-order valence-corrected chi connectivity index (χ2v) is 4.42. The molecule has 1 aliphatic rings. The number of hydrogen-bond donors (Lipinski definition) is 0. The van der Waals surface area contributed by atoms with Crippen molar-refractivity contribution in [2.75, 3.05) is 13.1 Å². The predicted molar refractivity (Wildman–Crippen MR) is 65.8 cm³/mol. The van der Waals surface area contributed by atoms with Gasteiger partial charge in [0.2, 0.25) is 11.8 Å². The molecule has 0 unspecified atom stereocenters. The summed E-state index contributed by atoms with van der Waals surface area (Å²) in [4.78, 5) is 35.1. The molecular formula is C12H21N3O3. The molecule has 0 aromatic carbocycles. The minimum Gasteiger partial charge on any atom is -0.273 e. The van der Waals surface area contributed by atoms with Crippen LogP contribution in [0.5, 0.6) is 0 Å². The van der Waals surface area contributed by atoms with Crippen molar-refractivity contribution in [2.24, 2.45) is 0 Å². The molecule has 0 aromatic heterocycles. The monoisotopic (exact) mass is 255 g/mol. The van der Waals surface area contributed by atoms with Gasteiger partial charge in [0.1, 0.15) is 0 Å². The maximum absolute atomic E-state index is 11.7. The maximum atomic E-state index is 11.7. The van der Waals surface area contributed by atoms with Crippen LogP contribution in [-0.2, 0) is 14.4 Å². The van der Waals surface area contributed by atoms with E-state index in [1.807, 2.05) is 6.92 Å². The molecule has 1 rings (SSSR count). The zero-order chi connectivity index (χ0) is 13.7. The number of amides is 3. The number of carbonyl (C=O) groups is 3. The molecule has 3 amide bonds. The van der Waals surface area contributed by atoms with Gasteiger partial charge in [-0.25, -0.2) is 10.0 Å². The summed E-state index contributed by atoms with van der Waals surface area (Å²) < 4.78 is 0. The van der Waals surface area contributed by atoms with Crippen molar-refractivity contribution in [3.63, 3.8) is 0 Å². The highest BCUT2D eigenvalue weighted by Gasteiger charge is 2.33. The number of nitrogens with zero attached hydrogens (tertiary/aromatic N) is 3. The fourth-order valence-electron chi connectivity index (χ4n) is 2.00. The van der Waals surface area contributed by atoms with Crippen molar-refractivity contribution >= 4 is 17.7 Å². The predicted octanol–water partition coefficient (Wildman–Crippen LogP) is 0.936. The van der Waals surface area contributed by atoms with E-state index in [2.05, 4.69) is 0 Å². The first-order valence-electron chi connectivity index (χ1n) is 6.38. The molecule has 0 spiro atoms. The van der Waals surface area contributed by atoms with E-state index in [4.69, 9.17) is 0 Å². The number of hydrazine groups is 2. The summed E-state index contributed by atoms with van der Waals surface area (Å²) in [5.41, 5.74) is 0. The van der Waals surface area contributed by atoms with E-state index >= 15 is 0 Å². The molecule has 102 valence electrons. The fraction of sp³-hybridized carbons (Fsp3) is 0.750. The van der Waals surface area contributed by atoms with E-state index in [0.29, 0.717) is 19.5 Å². The van der Waals surface area contributed by atoms with Crippen molar-refractivity contribution in [2.45, 2.75) is 46.5 Å². The molecule has 0 aromatic rings. The average Bonchev–Trinajstić information content (AvgIpc) is 2.69. The summed E-state index contributed by atoms with van der Waals surface area (Å²) in [6, 6.07) is 0. The summed E-state index contributed by atoms with van der Waals surface area (Å²) in [6.45, 7) is 5.74. The smallest absolute Gasteiger partial charge is 0.257 e. The Morgan fingerprint density at radius 1 is 1.28 bits per heavy atom. The zero-order valence-corrected chi connectivity index (χ0v) is 11.3. The molecule has 1 aliphatic heterocycles. The Bertz CT molecular complexity index is 343. The van der Waals surface area contributed by atoms with Gasteiger partial charge in [-0.1, -0.05) is 13.3 Å². The van der Waals surface area contributed by atoms with Crippen LogP contribution in [0.1, 0.15) is 46.5 Å². The SMILES string of the molecule is CCCCN(C(C)=O)N(C(C)=O)N1CCCC1=O. The molecule has 0 bridgehead atoms. The van der Waals surface area contributed by atoms with E-state index in [0.717, 1.165) is 19.3 Å². The molecule has 18 heavy (non-hydrogen) atoms. The van der Waals surface area contributed by atoms with E-state index in [9.17, 15) is 14.4 Å². The van der Waals surface area contributed by atoms with Crippen LogP contribution in [0.2, 0.25) is 0 Å². The Morgan fingerprint density at radius 2 is 1.94 bits per heavy atom. The van der Waals surface area contributed by atoms with Gasteiger partial charge in [-0.2, -0.15) is 5.12 Å². The van der Waals surface area contributed by atoms with Crippen LogP contribution in [0.3, 0.4) is 0 Å². The maximum Gasteiger partial charge on any atom is 0.257 e. The molecule has 0 aliphatic carbocycles. The van der Waals surface area contributed by atoms with Gasteiger partial charge in [0.15, 0.2) is 0 Å². The minimum absolute atomic E-state index is 0.104.